The highest BCUT2D eigenvalue weighted by Gasteiger charge is 2.48. The molecule has 3 rings (SSSR count). The van der Waals surface area contributed by atoms with E-state index in [1.807, 2.05) is 0 Å². The van der Waals surface area contributed by atoms with Gasteiger partial charge < -0.3 is 10.6 Å². The molecule has 0 radical (unpaired) electrons. The second kappa shape index (κ2) is 2.61. The summed E-state index contributed by atoms with van der Waals surface area (Å²) in [6.45, 7) is 3.52. The Labute approximate surface area is 79.1 Å². The Kier molecular flexibility index (Phi) is 1.53. The highest BCUT2D eigenvalue weighted by atomic mass is 15.0. The monoisotopic (exact) mass is 176 g/mol. The van der Waals surface area contributed by atoms with Gasteiger partial charge in [0, 0.05) is 25.8 Å². The van der Waals surface area contributed by atoms with Crippen LogP contribution >= 0.6 is 0 Å². The van der Waals surface area contributed by atoms with Gasteiger partial charge in [-0.05, 0) is 29.7 Å². The van der Waals surface area contributed by atoms with Crippen LogP contribution < -0.4 is 10.6 Å². The van der Waals surface area contributed by atoms with Gasteiger partial charge in [0.2, 0.25) is 0 Å². The van der Waals surface area contributed by atoms with Crippen LogP contribution in [0.1, 0.15) is 12.8 Å². The van der Waals surface area contributed by atoms with Gasteiger partial charge in [-0.25, -0.2) is 0 Å². The number of nitrogens with one attached hydrogen (secondary N) is 2. The normalized spacial score (nSPS) is 30.3. The molecule has 13 heavy (non-hydrogen) atoms. The van der Waals surface area contributed by atoms with E-state index >= 15 is 0 Å². The summed E-state index contributed by atoms with van der Waals surface area (Å²) in [6.07, 6.45) is 9.51. The summed E-state index contributed by atoms with van der Waals surface area (Å²) in [4.78, 5) is 0. The summed E-state index contributed by atoms with van der Waals surface area (Å²) < 4.78 is 0. The second-order valence-electron chi connectivity index (χ2n) is 4.66. The van der Waals surface area contributed by atoms with Crippen molar-refractivity contribution in [2.24, 2.45) is 11.3 Å². The minimum atomic E-state index is 0.705. The van der Waals surface area contributed by atoms with Crippen molar-refractivity contribution in [1.29, 1.82) is 0 Å². The molecule has 1 saturated carbocycles. The third-order valence-corrected chi connectivity index (χ3v) is 3.64. The Morgan fingerprint density at radius 3 is 2.69 bits per heavy atom. The molecule has 2 N–H and O–H groups in total. The van der Waals surface area contributed by atoms with Gasteiger partial charge in [-0.2, -0.15) is 0 Å². The van der Waals surface area contributed by atoms with Crippen LogP contribution in [-0.4, -0.2) is 19.6 Å². The third kappa shape index (κ3) is 1.12. The molecule has 0 aromatic heterocycles. The maximum atomic E-state index is 3.37. The predicted molar refractivity (Wildman–Crippen MR) is 53.3 cm³/mol. The molecule has 2 heteroatoms. The SMILES string of the molecule is C1=CC(C2CC3(CNC3)C2)=CNC1. The molecule has 2 fully saturated rings. The van der Waals surface area contributed by atoms with Crippen molar-refractivity contribution in [1.82, 2.24) is 10.6 Å². The summed E-state index contributed by atoms with van der Waals surface area (Å²) in [6, 6.07) is 0. The van der Waals surface area contributed by atoms with Crippen LogP contribution in [0.15, 0.2) is 23.9 Å². The first-order valence-corrected chi connectivity index (χ1v) is 5.19. The van der Waals surface area contributed by atoms with Crippen LogP contribution in [0.5, 0.6) is 0 Å². The molecular weight excluding hydrogens is 160 g/mol. The van der Waals surface area contributed by atoms with E-state index < -0.39 is 0 Å². The minimum absolute atomic E-state index is 0.705. The van der Waals surface area contributed by atoms with Gasteiger partial charge in [0.1, 0.15) is 0 Å². The van der Waals surface area contributed by atoms with Gasteiger partial charge >= 0.3 is 0 Å². The largest absolute Gasteiger partial charge is 0.387 e. The van der Waals surface area contributed by atoms with E-state index in [0.717, 1.165) is 12.5 Å². The summed E-state index contributed by atoms with van der Waals surface area (Å²) >= 11 is 0. The lowest BCUT2D eigenvalue weighted by molar-refractivity contribution is 0.0185. The molecule has 0 atom stereocenters. The smallest absolute Gasteiger partial charge is 0.0328 e. The molecule has 3 aliphatic rings. The standard InChI is InChI=1S/C11H16N2/c1-2-9(6-12-3-1)10-4-11(5-10)7-13-8-11/h1-2,6,10,12-13H,3-5,7-8H2. The Bertz CT molecular complexity index is 266. The van der Waals surface area contributed by atoms with Crippen molar-refractivity contribution >= 4 is 0 Å². The maximum absolute atomic E-state index is 3.37. The van der Waals surface area contributed by atoms with Crippen molar-refractivity contribution in [3.8, 4) is 0 Å². The number of dihydropyridines is 1. The van der Waals surface area contributed by atoms with Gasteiger partial charge in [0.05, 0.1) is 0 Å². The molecule has 1 aliphatic carbocycles. The first-order valence-electron chi connectivity index (χ1n) is 5.19. The zero-order chi connectivity index (χ0) is 8.73. The zero-order valence-corrected chi connectivity index (χ0v) is 7.84. The molecule has 0 bridgehead atoms. The van der Waals surface area contributed by atoms with E-state index in [2.05, 4.69) is 29.0 Å². The molecule has 0 aromatic rings. The highest BCUT2D eigenvalue weighted by Crippen LogP contribution is 2.51. The lowest BCUT2D eigenvalue weighted by Gasteiger charge is -2.55. The lowest BCUT2D eigenvalue weighted by atomic mass is 9.56. The zero-order valence-electron chi connectivity index (χ0n) is 7.84. The topological polar surface area (TPSA) is 24.1 Å². The van der Waals surface area contributed by atoms with Crippen molar-refractivity contribution in [3.63, 3.8) is 0 Å². The molecule has 2 aliphatic heterocycles. The van der Waals surface area contributed by atoms with E-state index in [1.54, 1.807) is 0 Å². The van der Waals surface area contributed by atoms with Crippen LogP contribution in [0.3, 0.4) is 0 Å². The first-order chi connectivity index (χ1) is 6.38. The van der Waals surface area contributed by atoms with Gasteiger partial charge in [0.25, 0.3) is 0 Å². The first kappa shape index (κ1) is 7.63. The summed E-state index contributed by atoms with van der Waals surface area (Å²) in [7, 11) is 0. The molecular formula is C11H16N2. The van der Waals surface area contributed by atoms with E-state index in [1.165, 1.54) is 31.5 Å². The average molecular weight is 176 g/mol. The molecule has 2 nitrogen and oxygen atoms in total. The lowest BCUT2D eigenvalue weighted by Crippen LogP contribution is -2.60. The molecule has 0 aromatic carbocycles. The quantitative estimate of drug-likeness (QED) is 0.623. The predicted octanol–water partition coefficient (Wildman–Crippen LogP) is 1.03. The minimum Gasteiger partial charge on any atom is -0.387 e. The molecule has 1 saturated heterocycles. The van der Waals surface area contributed by atoms with Gasteiger partial charge in [-0.3, -0.25) is 0 Å². The average Bonchev–Trinajstić information content (AvgIpc) is 2.01. The van der Waals surface area contributed by atoms with Crippen LogP contribution in [0.2, 0.25) is 0 Å². The van der Waals surface area contributed by atoms with Gasteiger partial charge in [0.15, 0.2) is 0 Å². The number of allylic oxidation sites excluding steroid dienone is 2. The number of hydrogen-bond acceptors (Lipinski definition) is 2. The Morgan fingerprint density at radius 2 is 2.15 bits per heavy atom. The Balaban J connectivity index is 1.63. The van der Waals surface area contributed by atoms with E-state index in [-0.39, 0.29) is 0 Å². The van der Waals surface area contributed by atoms with E-state index in [9.17, 15) is 0 Å². The van der Waals surface area contributed by atoms with Crippen LogP contribution in [-0.2, 0) is 0 Å². The molecule has 1 spiro atoms. The summed E-state index contributed by atoms with van der Waals surface area (Å²) in [5.74, 6) is 0.839. The van der Waals surface area contributed by atoms with E-state index in [4.69, 9.17) is 0 Å². The van der Waals surface area contributed by atoms with Gasteiger partial charge in [-0.15, -0.1) is 0 Å². The molecule has 2 heterocycles. The molecule has 0 amide bonds. The maximum Gasteiger partial charge on any atom is 0.0328 e. The third-order valence-electron chi connectivity index (χ3n) is 3.64. The Morgan fingerprint density at radius 1 is 1.31 bits per heavy atom. The number of rotatable bonds is 1. The van der Waals surface area contributed by atoms with Crippen molar-refractivity contribution in [2.45, 2.75) is 12.8 Å². The van der Waals surface area contributed by atoms with Crippen LogP contribution in [0.4, 0.5) is 0 Å². The second-order valence-corrected chi connectivity index (χ2v) is 4.66. The number of hydrogen-bond donors (Lipinski definition) is 2. The summed E-state index contributed by atoms with van der Waals surface area (Å²) in [5, 5.41) is 6.66. The van der Waals surface area contributed by atoms with Crippen molar-refractivity contribution in [3.05, 3.63) is 23.9 Å². The molecule has 0 unspecified atom stereocenters. The fourth-order valence-electron chi connectivity index (χ4n) is 2.73. The van der Waals surface area contributed by atoms with Crippen LogP contribution in [0.25, 0.3) is 0 Å². The van der Waals surface area contributed by atoms with Crippen LogP contribution in [0, 0.1) is 11.3 Å². The van der Waals surface area contributed by atoms with Crippen molar-refractivity contribution < 1.29 is 0 Å². The van der Waals surface area contributed by atoms with Gasteiger partial charge in [-0.1, -0.05) is 12.2 Å². The Hall–Kier alpha value is -0.760. The highest BCUT2D eigenvalue weighted by molar-refractivity contribution is 5.28. The van der Waals surface area contributed by atoms with Crippen molar-refractivity contribution in [2.75, 3.05) is 19.6 Å². The fourth-order valence-corrected chi connectivity index (χ4v) is 2.73. The molecule has 70 valence electrons. The fraction of sp³-hybridized carbons (Fsp3) is 0.636. The summed E-state index contributed by atoms with van der Waals surface area (Å²) in [5.41, 5.74) is 2.22. The van der Waals surface area contributed by atoms with E-state index in [0.29, 0.717) is 5.41 Å².